The van der Waals surface area contributed by atoms with Crippen molar-refractivity contribution in [2.75, 3.05) is 36.2 Å². The van der Waals surface area contributed by atoms with Crippen molar-refractivity contribution >= 4 is 34.1 Å². The van der Waals surface area contributed by atoms with Gasteiger partial charge in [0, 0.05) is 48.2 Å². The fourth-order valence-electron chi connectivity index (χ4n) is 5.26. The van der Waals surface area contributed by atoms with Gasteiger partial charge in [0.1, 0.15) is 0 Å². The largest absolute Gasteiger partial charge is 0.454 e. The first-order chi connectivity index (χ1) is 17.5. The fraction of sp³-hybridized carbons (Fsp3) is 0.370. The minimum Gasteiger partial charge on any atom is -0.454 e. The molecule has 3 aromatic rings. The van der Waals surface area contributed by atoms with Crippen LogP contribution in [0.5, 0.6) is 11.5 Å². The molecule has 0 bridgehead atoms. The molecule has 9 heteroatoms. The average Bonchev–Trinajstić information content (AvgIpc) is 3.17. The van der Waals surface area contributed by atoms with E-state index in [-0.39, 0.29) is 24.6 Å². The number of benzene rings is 2. The number of ether oxygens (including phenoxy) is 2. The summed E-state index contributed by atoms with van der Waals surface area (Å²) in [5.41, 5.74) is 5.20. The van der Waals surface area contributed by atoms with Gasteiger partial charge in [-0.15, -0.1) is 11.3 Å². The Morgan fingerprint density at radius 3 is 2.81 bits per heavy atom. The topological polar surface area (TPSA) is 75.2 Å². The monoisotopic (exact) mass is 502 g/mol. The van der Waals surface area contributed by atoms with Gasteiger partial charge in [0.05, 0.1) is 5.69 Å². The SMILES string of the molecule is Cc1sc(N2CCN(Cc3ccc4c(c3)OCO4)C2=O)nc1-c1ccc2c(c1)CCN2C(=O)C1CC1. The second-order valence-corrected chi connectivity index (χ2v) is 11.0. The number of rotatable bonds is 5. The molecule has 2 aromatic carbocycles. The highest BCUT2D eigenvalue weighted by Gasteiger charge is 2.37. The molecule has 2 fully saturated rings. The van der Waals surface area contributed by atoms with Gasteiger partial charge in [-0.05, 0) is 61.6 Å². The van der Waals surface area contributed by atoms with E-state index in [4.69, 9.17) is 14.5 Å². The van der Waals surface area contributed by atoms with E-state index in [0.717, 1.165) is 69.8 Å². The van der Waals surface area contributed by atoms with E-state index >= 15 is 0 Å². The number of fused-ring (bicyclic) bond motifs is 2. The number of urea groups is 1. The first kappa shape index (κ1) is 21.7. The lowest BCUT2D eigenvalue weighted by Crippen LogP contribution is -2.31. The number of carbonyl (C=O) groups is 2. The summed E-state index contributed by atoms with van der Waals surface area (Å²) in [7, 11) is 0. The Hall–Kier alpha value is -3.59. The second-order valence-electron chi connectivity index (χ2n) is 9.80. The van der Waals surface area contributed by atoms with E-state index in [2.05, 4.69) is 25.1 Å². The van der Waals surface area contributed by atoms with Crippen LogP contribution in [0.15, 0.2) is 36.4 Å². The summed E-state index contributed by atoms with van der Waals surface area (Å²) in [6.45, 7) is 4.82. The molecule has 8 nitrogen and oxygen atoms in total. The second kappa shape index (κ2) is 8.23. The van der Waals surface area contributed by atoms with E-state index in [1.807, 2.05) is 28.0 Å². The van der Waals surface area contributed by atoms with E-state index < -0.39 is 0 Å². The highest BCUT2D eigenvalue weighted by Crippen LogP contribution is 2.40. The van der Waals surface area contributed by atoms with Gasteiger partial charge >= 0.3 is 6.03 Å². The summed E-state index contributed by atoms with van der Waals surface area (Å²) < 4.78 is 10.9. The number of hydrogen-bond acceptors (Lipinski definition) is 6. The molecule has 36 heavy (non-hydrogen) atoms. The van der Waals surface area contributed by atoms with Crippen LogP contribution < -0.4 is 19.3 Å². The summed E-state index contributed by atoms with van der Waals surface area (Å²) >= 11 is 1.55. The molecule has 0 spiro atoms. The number of aryl methyl sites for hydroxylation is 1. The predicted octanol–water partition coefficient (Wildman–Crippen LogP) is 4.59. The molecule has 1 saturated heterocycles. The smallest absolute Gasteiger partial charge is 0.326 e. The fourth-order valence-corrected chi connectivity index (χ4v) is 6.21. The van der Waals surface area contributed by atoms with Crippen molar-refractivity contribution in [3.63, 3.8) is 0 Å². The van der Waals surface area contributed by atoms with Crippen LogP contribution in [0.25, 0.3) is 11.3 Å². The lowest BCUT2D eigenvalue weighted by Gasteiger charge is -2.17. The quantitative estimate of drug-likeness (QED) is 0.510. The molecule has 3 amide bonds. The normalized spacial score (nSPS) is 18.4. The van der Waals surface area contributed by atoms with Crippen LogP contribution in [0.4, 0.5) is 15.6 Å². The van der Waals surface area contributed by atoms with Crippen molar-refractivity contribution in [2.45, 2.75) is 32.7 Å². The van der Waals surface area contributed by atoms with Crippen molar-refractivity contribution in [3.05, 3.63) is 52.4 Å². The zero-order valence-electron chi connectivity index (χ0n) is 20.0. The lowest BCUT2D eigenvalue weighted by molar-refractivity contribution is -0.119. The van der Waals surface area contributed by atoms with Crippen LogP contribution in [-0.2, 0) is 17.8 Å². The van der Waals surface area contributed by atoms with Crippen molar-refractivity contribution in [2.24, 2.45) is 5.92 Å². The number of aromatic nitrogens is 1. The van der Waals surface area contributed by atoms with E-state index in [0.29, 0.717) is 19.6 Å². The van der Waals surface area contributed by atoms with E-state index in [9.17, 15) is 9.59 Å². The molecule has 0 atom stereocenters. The Morgan fingerprint density at radius 2 is 1.94 bits per heavy atom. The summed E-state index contributed by atoms with van der Waals surface area (Å²) in [5, 5.41) is 0.728. The van der Waals surface area contributed by atoms with Gasteiger partial charge in [0.15, 0.2) is 16.6 Å². The number of hydrogen-bond donors (Lipinski definition) is 0. The Kier molecular flexibility index (Phi) is 4.95. The van der Waals surface area contributed by atoms with Gasteiger partial charge in [-0.1, -0.05) is 12.1 Å². The molecule has 1 aliphatic carbocycles. The highest BCUT2D eigenvalue weighted by atomic mass is 32.1. The minimum atomic E-state index is -0.0313. The summed E-state index contributed by atoms with van der Waals surface area (Å²) in [5.74, 6) is 1.96. The number of carbonyl (C=O) groups excluding carboxylic acids is 2. The molecule has 0 radical (unpaired) electrons. The number of nitrogens with zero attached hydrogens (tertiary/aromatic N) is 4. The van der Waals surface area contributed by atoms with Crippen molar-refractivity contribution < 1.29 is 19.1 Å². The third kappa shape index (κ3) is 3.61. The summed E-state index contributed by atoms with van der Waals surface area (Å²) in [4.78, 5) is 37.4. The molecular formula is C27H26N4O4S. The first-order valence-electron chi connectivity index (χ1n) is 12.4. The summed E-state index contributed by atoms with van der Waals surface area (Å²) in [6, 6.07) is 12.1. The standard InChI is InChI=1S/C27H26N4O4S/c1-16-24(20-5-6-21-19(13-20)8-9-30(21)25(32)18-3-4-18)28-26(36-16)31-11-10-29(27(31)33)14-17-2-7-22-23(12-17)35-15-34-22/h2,5-7,12-13,18H,3-4,8-11,14-15H2,1H3. The molecule has 4 aliphatic rings. The number of amides is 3. The summed E-state index contributed by atoms with van der Waals surface area (Å²) in [6.07, 6.45) is 2.91. The van der Waals surface area contributed by atoms with E-state index in [1.165, 1.54) is 5.56 Å². The van der Waals surface area contributed by atoms with Gasteiger partial charge in [0.25, 0.3) is 0 Å². The molecule has 7 rings (SSSR count). The molecule has 1 aromatic heterocycles. The Bertz CT molecular complexity index is 1400. The number of anilines is 2. The third-order valence-corrected chi connectivity index (χ3v) is 8.36. The van der Waals surface area contributed by atoms with Gasteiger partial charge in [-0.2, -0.15) is 0 Å². The van der Waals surface area contributed by atoms with Crippen LogP contribution in [0.2, 0.25) is 0 Å². The van der Waals surface area contributed by atoms with Crippen LogP contribution in [-0.4, -0.2) is 48.2 Å². The molecule has 184 valence electrons. The van der Waals surface area contributed by atoms with Crippen LogP contribution >= 0.6 is 11.3 Å². The average molecular weight is 503 g/mol. The van der Waals surface area contributed by atoms with Gasteiger partial charge < -0.3 is 19.3 Å². The van der Waals surface area contributed by atoms with Gasteiger partial charge in [-0.25, -0.2) is 9.78 Å². The number of thiazole rings is 1. The van der Waals surface area contributed by atoms with Crippen molar-refractivity contribution in [3.8, 4) is 22.8 Å². The molecular weight excluding hydrogens is 476 g/mol. The zero-order chi connectivity index (χ0) is 24.4. The lowest BCUT2D eigenvalue weighted by atomic mass is 10.1. The molecule has 1 saturated carbocycles. The Labute approximate surface area is 213 Å². The van der Waals surface area contributed by atoms with Crippen LogP contribution in [0.1, 0.15) is 28.8 Å². The zero-order valence-corrected chi connectivity index (χ0v) is 20.8. The van der Waals surface area contributed by atoms with Crippen molar-refractivity contribution in [1.29, 1.82) is 0 Å². The Morgan fingerprint density at radius 1 is 1.08 bits per heavy atom. The van der Waals surface area contributed by atoms with Crippen LogP contribution in [0, 0.1) is 12.8 Å². The Balaban J connectivity index is 1.09. The highest BCUT2D eigenvalue weighted by molar-refractivity contribution is 7.16. The maximum Gasteiger partial charge on any atom is 0.326 e. The van der Waals surface area contributed by atoms with Crippen molar-refractivity contribution in [1.82, 2.24) is 9.88 Å². The molecule has 0 unspecified atom stereocenters. The van der Waals surface area contributed by atoms with Crippen LogP contribution in [0.3, 0.4) is 0 Å². The molecule has 4 heterocycles. The minimum absolute atomic E-state index is 0.0313. The maximum absolute atomic E-state index is 13.2. The van der Waals surface area contributed by atoms with Gasteiger partial charge in [0.2, 0.25) is 12.7 Å². The van der Waals surface area contributed by atoms with Gasteiger partial charge in [-0.3, -0.25) is 9.69 Å². The first-order valence-corrected chi connectivity index (χ1v) is 13.2. The molecule has 3 aliphatic heterocycles. The predicted molar refractivity (Wildman–Crippen MR) is 137 cm³/mol. The third-order valence-electron chi connectivity index (χ3n) is 7.36. The van der Waals surface area contributed by atoms with E-state index in [1.54, 1.807) is 16.2 Å². The maximum atomic E-state index is 13.2. The molecule has 0 N–H and O–H groups in total.